The van der Waals surface area contributed by atoms with Crippen LogP contribution in [0.5, 0.6) is 11.5 Å². The molecule has 4 N–H and O–H groups in total. The molecular weight excluding hydrogens is 797 g/mol. The largest absolute Gasteiger partial charge is 0.507 e. The summed E-state index contributed by atoms with van der Waals surface area (Å²) in [5, 5.41) is 21.3. The van der Waals surface area contributed by atoms with Crippen LogP contribution in [-0.2, 0) is 24.6 Å². The fourth-order valence-electron chi connectivity index (χ4n) is 10.6. The number of phenols is 1. The third kappa shape index (κ3) is 8.95. The molecule has 5 saturated heterocycles. The third-order valence-corrected chi connectivity index (χ3v) is 14.5. The van der Waals surface area contributed by atoms with Crippen LogP contribution in [0.2, 0.25) is 0 Å². The first-order valence-electron chi connectivity index (χ1n) is 22.7. The first kappa shape index (κ1) is 42.3. The standard InChI is InChI=1S/C49H58N8O6/c50-45-40(31-39(52-53-45)38-9-4-5-10-41(38)58)55-29-22-49(23-30-55,36-7-2-1-3-8-36)47(62)57-32-48(33-57)20-27-56(28-21-48)44(60)11-6-24-54-25-18-35(19-26-54)34-12-14-37(15-13-34)63-42-16-17-43(59)51-46(42)61/h1-5,7-10,12-15,31,35,42,58H,6,11,16-30,32-33H2,(H2,50,53)(H,51,59,61). The van der Waals surface area contributed by atoms with Gasteiger partial charge in [0.05, 0.1) is 16.8 Å². The third-order valence-electron chi connectivity index (χ3n) is 14.5. The maximum absolute atomic E-state index is 14.7. The van der Waals surface area contributed by atoms with E-state index in [4.69, 9.17) is 10.5 Å². The van der Waals surface area contributed by atoms with Crippen LogP contribution in [0.4, 0.5) is 11.5 Å². The molecule has 1 unspecified atom stereocenters. The smallest absolute Gasteiger partial charge is 0.267 e. The number of aromatic nitrogens is 2. The van der Waals surface area contributed by atoms with Gasteiger partial charge in [-0.15, -0.1) is 10.2 Å². The number of phenolic OH excluding ortho intramolecular Hbond substituents is 1. The topological polar surface area (TPSA) is 175 Å². The molecule has 1 spiro atoms. The first-order chi connectivity index (χ1) is 30.6. The summed E-state index contributed by atoms with van der Waals surface area (Å²) in [6.45, 7) is 7.09. The van der Waals surface area contributed by atoms with Gasteiger partial charge >= 0.3 is 0 Å². The van der Waals surface area contributed by atoms with Crippen molar-refractivity contribution in [3.05, 3.63) is 96.1 Å². The van der Waals surface area contributed by atoms with Gasteiger partial charge in [0.2, 0.25) is 17.7 Å². The van der Waals surface area contributed by atoms with E-state index in [1.54, 1.807) is 18.2 Å². The zero-order valence-corrected chi connectivity index (χ0v) is 35.9. The minimum Gasteiger partial charge on any atom is -0.507 e. The number of nitrogen functional groups attached to an aromatic ring is 1. The number of nitrogens with zero attached hydrogens (tertiary/aromatic N) is 6. The molecule has 0 bridgehead atoms. The van der Waals surface area contributed by atoms with Crippen molar-refractivity contribution in [2.24, 2.45) is 5.41 Å². The Labute approximate surface area is 368 Å². The predicted molar refractivity (Wildman–Crippen MR) is 239 cm³/mol. The van der Waals surface area contributed by atoms with Crippen LogP contribution in [-0.4, -0.2) is 119 Å². The molecule has 3 aromatic carbocycles. The molecular formula is C49H58N8O6. The number of piperidine rings is 4. The van der Waals surface area contributed by atoms with Crippen LogP contribution in [0.25, 0.3) is 11.3 Å². The minimum absolute atomic E-state index is 0.0623. The Morgan fingerprint density at radius 3 is 2.21 bits per heavy atom. The van der Waals surface area contributed by atoms with E-state index in [0.29, 0.717) is 73.9 Å². The summed E-state index contributed by atoms with van der Waals surface area (Å²) in [6, 6.07) is 27.1. The number of nitrogens with one attached hydrogen (secondary N) is 1. The van der Waals surface area contributed by atoms with Gasteiger partial charge in [-0.2, -0.15) is 0 Å². The monoisotopic (exact) mass is 854 g/mol. The first-order valence-corrected chi connectivity index (χ1v) is 22.7. The van der Waals surface area contributed by atoms with Crippen molar-refractivity contribution in [3.8, 4) is 22.8 Å². The average molecular weight is 855 g/mol. The number of aromatic hydroxyl groups is 1. The maximum Gasteiger partial charge on any atom is 0.267 e. The number of hydrogen-bond donors (Lipinski definition) is 3. The van der Waals surface area contributed by atoms with Crippen molar-refractivity contribution in [1.82, 2.24) is 30.2 Å². The van der Waals surface area contributed by atoms with Crippen molar-refractivity contribution >= 4 is 35.1 Å². The van der Waals surface area contributed by atoms with Crippen molar-refractivity contribution in [2.75, 3.05) is 69.5 Å². The Balaban J connectivity index is 0.720. The molecule has 14 heteroatoms. The highest BCUT2D eigenvalue weighted by Crippen LogP contribution is 2.46. The summed E-state index contributed by atoms with van der Waals surface area (Å²) in [4.78, 5) is 60.3. The summed E-state index contributed by atoms with van der Waals surface area (Å²) < 4.78 is 5.85. The fraction of sp³-hybridized carbons (Fsp3) is 0.469. The van der Waals surface area contributed by atoms with Gasteiger partial charge in [-0.05, 0) is 112 Å². The van der Waals surface area contributed by atoms with Crippen molar-refractivity contribution in [3.63, 3.8) is 0 Å². The molecule has 5 aliphatic rings. The molecule has 0 radical (unpaired) electrons. The van der Waals surface area contributed by atoms with E-state index < -0.39 is 11.5 Å². The van der Waals surface area contributed by atoms with Gasteiger partial charge < -0.3 is 35.2 Å². The zero-order chi connectivity index (χ0) is 43.6. The van der Waals surface area contributed by atoms with Crippen LogP contribution in [0.15, 0.2) is 84.9 Å². The lowest BCUT2D eigenvalue weighted by Crippen LogP contribution is -2.66. The summed E-state index contributed by atoms with van der Waals surface area (Å²) in [5.74, 6) is 1.35. The average Bonchev–Trinajstić information content (AvgIpc) is 3.30. The second-order valence-corrected chi connectivity index (χ2v) is 18.3. The maximum atomic E-state index is 14.7. The normalized spacial score (nSPS) is 21.5. The van der Waals surface area contributed by atoms with Crippen molar-refractivity contribution < 1.29 is 29.0 Å². The number of anilines is 2. The van der Waals surface area contributed by atoms with Crippen LogP contribution in [0.1, 0.15) is 81.3 Å². The van der Waals surface area contributed by atoms with Crippen LogP contribution >= 0.6 is 0 Å². The van der Waals surface area contributed by atoms with Crippen LogP contribution in [0, 0.1) is 5.41 Å². The highest BCUT2D eigenvalue weighted by Gasteiger charge is 2.53. The number of carbonyl (C=O) groups excluding carboxylic acids is 4. The van der Waals surface area contributed by atoms with Gasteiger partial charge in [0, 0.05) is 69.5 Å². The number of nitrogens with two attached hydrogens (primary N) is 1. The number of imide groups is 1. The fourth-order valence-corrected chi connectivity index (χ4v) is 10.6. The highest BCUT2D eigenvalue weighted by molar-refractivity contribution is 6.00. The van der Waals surface area contributed by atoms with Gasteiger partial charge in [0.1, 0.15) is 11.5 Å². The lowest BCUT2D eigenvalue weighted by atomic mass is 9.67. The molecule has 5 aliphatic heterocycles. The number of amides is 4. The number of rotatable bonds is 11. The SMILES string of the molecule is Nc1nnc(-c2ccccc2O)cc1N1CCC(C(=O)N2CC3(CCN(C(=O)CCCN4CCC(c5ccc(OC6CCC(=O)NC6=O)cc5)CC4)CC3)C2)(c2ccccc2)CC1. The number of benzene rings is 3. The van der Waals surface area contributed by atoms with Gasteiger partial charge in [0.25, 0.3) is 5.91 Å². The lowest BCUT2D eigenvalue weighted by molar-refractivity contribution is -0.156. The second-order valence-electron chi connectivity index (χ2n) is 18.3. The molecule has 4 amide bonds. The Kier molecular flexibility index (Phi) is 12.1. The molecule has 0 saturated carbocycles. The van der Waals surface area contributed by atoms with Crippen LogP contribution in [0.3, 0.4) is 0 Å². The zero-order valence-electron chi connectivity index (χ0n) is 35.9. The van der Waals surface area contributed by atoms with Crippen LogP contribution < -0.4 is 20.7 Å². The predicted octanol–water partition coefficient (Wildman–Crippen LogP) is 5.26. The van der Waals surface area contributed by atoms with E-state index in [0.717, 1.165) is 89.2 Å². The Morgan fingerprint density at radius 1 is 0.810 bits per heavy atom. The quantitative estimate of drug-likeness (QED) is 0.168. The number of likely N-dealkylation sites (tertiary alicyclic amines) is 3. The van der Waals surface area contributed by atoms with E-state index in [-0.39, 0.29) is 34.8 Å². The highest BCUT2D eigenvalue weighted by atomic mass is 16.5. The number of para-hydroxylation sites is 1. The van der Waals surface area contributed by atoms with Gasteiger partial charge in [-0.25, -0.2) is 0 Å². The summed E-state index contributed by atoms with van der Waals surface area (Å²) in [7, 11) is 0. The lowest BCUT2D eigenvalue weighted by Gasteiger charge is -2.56. The molecule has 14 nitrogen and oxygen atoms in total. The van der Waals surface area contributed by atoms with E-state index in [1.807, 2.05) is 47.4 Å². The summed E-state index contributed by atoms with van der Waals surface area (Å²) >= 11 is 0. The minimum atomic E-state index is -0.650. The molecule has 5 fully saturated rings. The molecule has 0 aliphatic carbocycles. The molecule has 1 aromatic heterocycles. The van der Waals surface area contributed by atoms with E-state index >= 15 is 0 Å². The molecule has 1 atom stereocenters. The van der Waals surface area contributed by atoms with E-state index in [1.165, 1.54) is 5.56 Å². The van der Waals surface area contributed by atoms with Gasteiger partial charge in [-0.1, -0.05) is 54.6 Å². The Hall–Kier alpha value is -6.02. The Morgan fingerprint density at radius 2 is 1.51 bits per heavy atom. The van der Waals surface area contributed by atoms with Gasteiger partial charge in [0.15, 0.2) is 11.9 Å². The Bertz CT molecular complexity index is 2290. The number of carbonyl (C=O) groups is 4. The molecule has 6 heterocycles. The molecule has 330 valence electrons. The molecule has 63 heavy (non-hydrogen) atoms. The second kappa shape index (κ2) is 18.0. The number of hydrogen-bond acceptors (Lipinski definition) is 11. The van der Waals surface area contributed by atoms with Crippen molar-refractivity contribution in [2.45, 2.75) is 81.6 Å². The van der Waals surface area contributed by atoms with E-state index in [9.17, 15) is 24.3 Å². The molecule has 4 aromatic rings. The number of ether oxygens (including phenoxy) is 1. The van der Waals surface area contributed by atoms with E-state index in [2.05, 4.69) is 54.5 Å². The van der Waals surface area contributed by atoms with Crippen molar-refractivity contribution in [1.29, 1.82) is 0 Å². The molecule has 9 rings (SSSR count). The van der Waals surface area contributed by atoms with Gasteiger partial charge in [-0.3, -0.25) is 24.5 Å². The summed E-state index contributed by atoms with van der Waals surface area (Å²) in [6.07, 6.45) is 6.66. The summed E-state index contributed by atoms with van der Waals surface area (Å²) in [5.41, 5.74) is 9.98.